The van der Waals surface area contributed by atoms with Crippen molar-refractivity contribution in [2.45, 2.75) is 70.2 Å². The molecule has 2 aromatic rings. The maximum absolute atomic E-state index is 15.0. The highest BCUT2D eigenvalue weighted by Gasteiger charge is 2.36. The Bertz CT molecular complexity index is 983. The lowest BCUT2D eigenvalue weighted by molar-refractivity contribution is -0.386. The SMILES string of the molecule is CCCCC(O)c1cccc(N2CCC(F)C2Cc2cccc(CCC(=O)O)c2[N+](=O)[O-])c1. The molecule has 1 heterocycles. The van der Waals surface area contributed by atoms with Gasteiger partial charge in [0.25, 0.3) is 5.69 Å². The number of rotatable bonds is 11. The quantitative estimate of drug-likeness (QED) is 0.363. The Hall–Kier alpha value is -3.00. The maximum Gasteiger partial charge on any atom is 0.303 e. The van der Waals surface area contributed by atoms with Crippen molar-refractivity contribution >= 4 is 17.3 Å². The van der Waals surface area contributed by atoms with E-state index in [0.29, 0.717) is 30.5 Å². The summed E-state index contributed by atoms with van der Waals surface area (Å²) in [6.07, 6.45) is 1.11. The molecule has 0 radical (unpaired) electrons. The van der Waals surface area contributed by atoms with Crippen LogP contribution in [0.15, 0.2) is 42.5 Å². The summed E-state index contributed by atoms with van der Waals surface area (Å²) < 4.78 is 15.0. The van der Waals surface area contributed by atoms with Crippen molar-refractivity contribution in [1.82, 2.24) is 0 Å². The second-order valence-electron chi connectivity index (χ2n) is 8.60. The molecule has 2 aromatic carbocycles. The van der Waals surface area contributed by atoms with E-state index in [-0.39, 0.29) is 24.9 Å². The first-order valence-corrected chi connectivity index (χ1v) is 11.5. The number of hydrogen-bond acceptors (Lipinski definition) is 5. The van der Waals surface area contributed by atoms with Crippen LogP contribution >= 0.6 is 0 Å². The lowest BCUT2D eigenvalue weighted by atomic mass is 9.96. The lowest BCUT2D eigenvalue weighted by Crippen LogP contribution is -2.36. The molecular formula is C25H31FN2O5. The summed E-state index contributed by atoms with van der Waals surface area (Å²) in [6, 6.07) is 11.7. The van der Waals surface area contributed by atoms with Gasteiger partial charge in [0.15, 0.2) is 0 Å². The van der Waals surface area contributed by atoms with Gasteiger partial charge in [0, 0.05) is 36.2 Å². The van der Waals surface area contributed by atoms with Crippen molar-refractivity contribution in [3.05, 3.63) is 69.3 Å². The average Bonchev–Trinajstić information content (AvgIpc) is 3.16. The van der Waals surface area contributed by atoms with E-state index in [1.54, 1.807) is 18.2 Å². The minimum atomic E-state index is -1.15. The van der Waals surface area contributed by atoms with Crippen LogP contribution in [-0.2, 0) is 17.6 Å². The maximum atomic E-state index is 15.0. The van der Waals surface area contributed by atoms with Gasteiger partial charge in [-0.05, 0) is 37.0 Å². The number of para-hydroxylation sites is 1. The van der Waals surface area contributed by atoms with Crippen LogP contribution in [0.4, 0.5) is 15.8 Å². The smallest absolute Gasteiger partial charge is 0.303 e. The van der Waals surface area contributed by atoms with E-state index in [2.05, 4.69) is 6.92 Å². The Balaban J connectivity index is 1.87. The number of carboxylic acid groups (broad SMARTS) is 1. The Labute approximate surface area is 193 Å². The summed E-state index contributed by atoms with van der Waals surface area (Å²) in [6.45, 7) is 2.54. The Morgan fingerprint density at radius 1 is 1.27 bits per heavy atom. The van der Waals surface area contributed by atoms with Crippen LogP contribution < -0.4 is 4.90 Å². The Kier molecular flexibility index (Phi) is 8.38. The second kappa shape index (κ2) is 11.2. The number of carbonyl (C=O) groups is 1. The van der Waals surface area contributed by atoms with Crippen molar-refractivity contribution in [2.24, 2.45) is 0 Å². The van der Waals surface area contributed by atoms with Gasteiger partial charge in [-0.1, -0.05) is 50.1 Å². The number of aliphatic carboxylic acids is 1. The first-order chi connectivity index (χ1) is 15.8. The van der Waals surface area contributed by atoms with Gasteiger partial charge in [-0.15, -0.1) is 0 Å². The average molecular weight is 459 g/mol. The van der Waals surface area contributed by atoms with E-state index in [1.807, 2.05) is 29.2 Å². The van der Waals surface area contributed by atoms with Crippen molar-refractivity contribution < 1.29 is 24.3 Å². The largest absolute Gasteiger partial charge is 0.481 e. The molecule has 33 heavy (non-hydrogen) atoms. The van der Waals surface area contributed by atoms with Crippen LogP contribution in [0.2, 0.25) is 0 Å². The van der Waals surface area contributed by atoms with Crippen molar-refractivity contribution in [3.8, 4) is 0 Å². The van der Waals surface area contributed by atoms with E-state index in [4.69, 9.17) is 5.11 Å². The zero-order chi connectivity index (χ0) is 24.0. The van der Waals surface area contributed by atoms with Crippen molar-refractivity contribution in [2.75, 3.05) is 11.4 Å². The summed E-state index contributed by atoms with van der Waals surface area (Å²) in [4.78, 5) is 24.2. The van der Waals surface area contributed by atoms with E-state index < -0.39 is 29.2 Å². The van der Waals surface area contributed by atoms with Crippen LogP contribution in [-0.4, -0.2) is 39.9 Å². The molecule has 0 aliphatic carbocycles. The van der Waals surface area contributed by atoms with Crippen LogP contribution in [0.3, 0.4) is 0 Å². The predicted octanol–water partition coefficient (Wildman–Crippen LogP) is 5.00. The molecule has 2 N–H and O–H groups in total. The fourth-order valence-corrected chi connectivity index (χ4v) is 4.56. The first-order valence-electron chi connectivity index (χ1n) is 11.5. The van der Waals surface area contributed by atoms with Gasteiger partial charge >= 0.3 is 5.97 Å². The van der Waals surface area contributed by atoms with Gasteiger partial charge in [-0.3, -0.25) is 14.9 Å². The number of nitrogens with zero attached hydrogens (tertiary/aromatic N) is 2. The number of aryl methyl sites for hydroxylation is 1. The molecule has 3 unspecified atom stereocenters. The zero-order valence-corrected chi connectivity index (χ0v) is 18.8. The molecule has 7 nitrogen and oxygen atoms in total. The number of anilines is 1. The molecule has 3 atom stereocenters. The zero-order valence-electron chi connectivity index (χ0n) is 18.8. The summed E-state index contributed by atoms with van der Waals surface area (Å²) in [5, 5.41) is 31.3. The molecule has 0 spiro atoms. The molecule has 1 aliphatic rings. The Morgan fingerprint density at radius 3 is 2.70 bits per heavy atom. The predicted molar refractivity (Wildman–Crippen MR) is 124 cm³/mol. The standard InChI is InChI=1S/C25H31FN2O5/c1-2-3-10-23(29)18-7-5-9-20(15-18)27-14-13-21(26)22(27)16-19-8-4-6-17(11-12-24(30)31)25(19)28(32)33/h4-9,15,21-23,29H,2-3,10-14,16H2,1H3,(H,30,31). The van der Waals surface area contributed by atoms with E-state index in [0.717, 1.165) is 24.1 Å². The van der Waals surface area contributed by atoms with Gasteiger partial charge in [0.05, 0.1) is 17.1 Å². The number of aliphatic hydroxyl groups is 1. The molecule has 1 fully saturated rings. The summed E-state index contributed by atoms with van der Waals surface area (Å²) in [7, 11) is 0. The summed E-state index contributed by atoms with van der Waals surface area (Å²) >= 11 is 0. The number of unbranched alkanes of at least 4 members (excludes halogenated alkanes) is 1. The van der Waals surface area contributed by atoms with Crippen molar-refractivity contribution in [3.63, 3.8) is 0 Å². The van der Waals surface area contributed by atoms with Crippen molar-refractivity contribution in [1.29, 1.82) is 0 Å². The van der Waals surface area contributed by atoms with Gasteiger partial charge in [0.1, 0.15) is 6.17 Å². The van der Waals surface area contributed by atoms with Gasteiger partial charge in [-0.25, -0.2) is 4.39 Å². The van der Waals surface area contributed by atoms with Gasteiger partial charge < -0.3 is 15.1 Å². The third-order valence-corrected chi connectivity index (χ3v) is 6.30. The molecule has 0 amide bonds. The van der Waals surface area contributed by atoms with E-state index in [9.17, 15) is 24.4 Å². The monoisotopic (exact) mass is 458 g/mol. The third-order valence-electron chi connectivity index (χ3n) is 6.30. The number of nitro benzene ring substituents is 1. The fourth-order valence-electron chi connectivity index (χ4n) is 4.56. The van der Waals surface area contributed by atoms with Crippen LogP contribution in [0.1, 0.15) is 61.8 Å². The molecular weight excluding hydrogens is 427 g/mol. The van der Waals surface area contributed by atoms with Gasteiger partial charge in [-0.2, -0.15) is 0 Å². The molecule has 1 aliphatic heterocycles. The van der Waals surface area contributed by atoms with Crippen LogP contribution in [0.5, 0.6) is 0 Å². The third kappa shape index (κ3) is 6.07. The summed E-state index contributed by atoms with van der Waals surface area (Å²) in [5.41, 5.74) is 2.20. The molecule has 1 saturated heterocycles. The fraction of sp³-hybridized carbons (Fsp3) is 0.480. The number of aliphatic hydroxyl groups excluding tert-OH is 1. The topological polar surface area (TPSA) is 104 Å². The summed E-state index contributed by atoms with van der Waals surface area (Å²) in [5.74, 6) is -1.03. The minimum absolute atomic E-state index is 0.0462. The molecule has 3 rings (SSSR count). The second-order valence-corrected chi connectivity index (χ2v) is 8.60. The molecule has 8 heteroatoms. The number of halogens is 1. The van der Waals surface area contributed by atoms with Crippen LogP contribution in [0, 0.1) is 10.1 Å². The lowest BCUT2D eigenvalue weighted by Gasteiger charge is -2.28. The highest BCUT2D eigenvalue weighted by Crippen LogP contribution is 2.34. The number of benzene rings is 2. The number of carboxylic acids is 1. The van der Waals surface area contributed by atoms with Gasteiger partial charge in [0.2, 0.25) is 0 Å². The van der Waals surface area contributed by atoms with E-state index in [1.165, 1.54) is 0 Å². The molecule has 0 saturated carbocycles. The Morgan fingerprint density at radius 2 is 2.00 bits per heavy atom. The highest BCUT2D eigenvalue weighted by molar-refractivity contribution is 5.67. The minimum Gasteiger partial charge on any atom is -0.481 e. The normalized spacial score (nSPS) is 18.9. The number of nitro groups is 1. The first kappa shape index (κ1) is 24.6. The van der Waals surface area contributed by atoms with Crippen LogP contribution in [0.25, 0.3) is 0 Å². The number of hydrogen-bond donors (Lipinski definition) is 2. The van der Waals surface area contributed by atoms with E-state index >= 15 is 0 Å². The highest BCUT2D eigenvalue weighted by atomic mass is 19.1. The molecule has 0 bridgehead atoms. The molecule has 0 aromatic heterocycles. The number of alkyl halides is 1. The molecule has 178 valence electrons.